The number of rotatable bonds is 4. The summed E-state index contributed by atoms with van der Waals surface area (Å²) >= 11 is 0. The zero-order chi connectivity index (χ0) is 13.2. The SMILES string of the molecule is CCC1(C(=O)NC2CCCC2C(=O)O)CCCC1. The topological polar surface area (TPSA) is 66.4 Å². The van der Waals surface area contributed by atoms with Crippen LogP contribution in [0.25, 0.3) is 0 Å². The van der Waals surface area contributed by atoms with Crippen LogP contribution in [0.4, 0.5) is 0 Å². The Kier molecular flexibility index (Phi) is 3.93. The molecular weight excluding hydrogens is 230 g/mol. The van der Waals surface area contributed by atoms with Crippen LogP contribution in [-0.2, 0) is 9.59 Å². The van der Waals surface area contributed by atoms with E-state index in [2.05, 4.69) is 12.2 Å². The van der Waals surface area contributed by atoms with Crippen molar-refractivity contribution in [2.75, 3.05) is 0 Å². The van der Waals surface area contributed by atoms with E-state index in [1.165, 1.54) is 0 Å². The Morgan fingerprint density at radius 1 is 1.22 bits per heavy atom. The third-order valence-electron chi connectivity index (χ3n) is 4.87. The van der Waals surface area contributed by atoms with E-state index in [1.807, 2.05) is 0 Å². The predicted molar refractivity (Wildman–Crippen MR) is 68.1 cm³/mol. The van der Waals surface area contributed by atoms with Gasteiger partial charge in [-0.05, 0) is 32.1 Å². The molecule has 0 radical (unpaired) electrons. The number of aliphatic carboxylic acids is 1. The number of carbonyl (C=O) groups is 2. The van der Waals surface area contributed by atoms with E-state index < -0.39 is 5.97 Å². The van der Waals surface area contributed by atoms with Crippen LogP contribution in [-0.4, -0.2) is 23.0 Å². The molecule has 2 atom stereocenters. The molecule has 2 unspecified atom stereocenters. The van der Waals surface area contributed by atoms with Crippen molar-refractivity contribution in [2.24, 2.45) is 11.3 Å². The largest absolute Gasteiger partial charge is 0.481 e. The molecule has 4 nitrogen and oxygen atoms in total. The van der Waals surface area contributed by atoms with Crippen LogP contribution in [0.1, 0.15) is 58.3 Å². The Hall–Kier alpha value is -1.06. The van der Waals surface area contributed by atoms with Crippen LogP contribution >= 0.6 is 0 Å². The van der Waals surface area contributed by atoms with Crippen LogP contribution in [0.3, 0.4) is 0 Å². The van der Waals surface area contributed by atoms with E-state index in [1.54, 1.807) is 0 Å². The highest BCUT2D eigenvalue weighted by Gasteiger charge is 2.42. The lowest BCUT2D eigenvalue weighted by molar-refractivity contribution is -0.142. The molecule has 0 aliphatic heterocycles. The fourth-order valence-corrected chi connectivity index (χ4v) is 3.54. The second-order valence-electron chi connectivity index (χ2n) is 5.80. The van der Waals surface area contributed by atoms with Crippen molar-refractivity contribution in [1.82, 2.24) is 5.32 Å². The maximum absolute atomic E-state index is 12.4. The Labute approximate surface area is 108 Å². The average molecular weight is 253 g/mol. The van der Waals surface area contributed by atoms with Gasteiger partial charge in [0.25, 0.3) is 0 Å². The smallest absolute Gasteiger partial charge is 0.308 e. The summed E-state index contributed by atoms with van der Waals surface area (Å²) in [4.78, 5) is 23.5. The van der Waals surface area contributed by atoms with E-state index >= 15 is 0 Å². The zero-order valence-corrected chi connectivity index (χ0v) is 11.1. The first kappa shape index (κ1) is 13.4. The van der Waals surface area contributed by atoms with E-state index in [-0.39, 0.29) is 23.3 Å². The van der Waals surface area contributed by atoms with Crippen LogP contribution in [0.2, 0.25) is 0 Å². The maximum atomic E-state index is 12.4. The van der Waals surface area contributed by atoms with Gasteiger partial charge in [0.05, 0.1) is 5.92 Å². The molecule has 2 aliphatic carbocycles. The molecule has 0 spiro atoms. The molecule has 0 aromatic rings. The predicted octanol–water partition coefficient (Wildman–Crippen LogP) is 2.33. The van der Waals surface area contributed by atoms with Gasteiger partial charge in [-0.3, -0.25) is 9.59 Å². The number of carbonyl (C=O) groups excluding carboxylic acids is 1. The number of carboxylic acids is 1. The quantitative estimate of drug-likeness (QED) is 0.808. The van der Waals surface area contributed by atoms with Crippen molar-refractivity contribution in [3.8, 4) is 0 Å². The number of nitrogens with one attached hydrogen (secondary N) is 1. The zero-order valence-electron chi connectivity index (χ0n) is 11.1. The van der Waals surface area contributed by atoms with E-state index in [0.717, 1.165) is 44.9 Å². The van der Waals surface area contributed by atoms with Crippen LogP contribution in [0.5, 0.6) is 0 Å². The second kappa shape index (κ2) is 5.29. The molecule has 1 amide bonds. The molecule has 2 saturated carbocycles. The van der Waals surface area contributed by atoms with Gasteiger partial charge < -0.3 is 10.4 Å². The molecule has 0 saturated heterocycles. The summed E-state index contributed by atoms with van der Waals surface area (Å²) in [6, 6.07) is -0.154. The monoisotopic (exact) mass is 253 g/mol. The summed E-state index contributed by atoms with van der Waals surface area (Å²) in [5.41, 5.74) is -0.217. The van der Waals surface area contributed by atoms with Crippen molar-refractivity contribution >= 4 is 11.9 Å². The third-order valence-corrected chi connectivity index (χ3v) is 4.87. The summed E-state index contributed by atoms with van der Waals surface area (Å²) in [7, 11) is 0. The summed E-state index contributed by atoms with van der Waals surface area (Å²) in [6.45, 7) is 2.06. The molecule has 102 valence electrons. The van der Waals surface area contributed by atoms with Crippen molar-refractivity contribution in [3.63, 3.8) is 0 Å². The lowest BCUT2D eigenvalue weighted by Gasteiger charge is -2.29. The summed E-state index contributed by atoms with van der Waals surface area (Å²) < 4.78 is 0. The minimum Gasteiger partial charge on any atom is -0.481 e. The fraction of sp³-hybridized carbons (Fsp3) is 0.857. The highest BCUT2D eigenvalue weighted by atomic mass is 16.4. The van der Waals surface area contributed by atoms with Gasteiger partial charge in [0.1, 0.15) is 0 Å². The maximum Gasteiger partial charge on any atom is 0.308 e. The molecule has 0 aromatic carbocycles. The van der Waals surface area contributed by atoms with E-state index in [4.69, 9.17) is 5.11 Å². The standard InChI is InChI=1S/C14H23NO3/c1-2-14(8-3-4-9-14)13(18)15-11-7-5-6-10(11)12(16)17/h10-11H,2-9H2,1H3,(H,15,18)(H,16,17). The van der Waals surface area contributed by atoms with Crippen LogP contribution in [0.15, 0.2) is 0 Å². The van der Waals surface area contributed by atoms with Gasteiger partial charge in [-0.25, -0.2) is 0 Å². The first-order valence-electron chi connectivity index (χ1n) is 7.13. The highest BCUT2D eigenvalue weighted by Crippen LogP contribution is 2.41. The van der Waals surface area contributed by atoms with Gasteiger partial charge >= 0.3 is 5.97 Å². The normalized spacial score (nSPS) is 30.3. The lowest BCUT2D eigenvalue weighted by Crippen LogP contribution is -2.47. The van der Waals surface area contributed by atoms with Crippen molar-refractivity contribution in [2.45, 2.75) is 64.3 Å². The molecule has 18 heavy (non-hydrogen) atoms. The van der Waals surface area contributed by atoms with Crippen molar-refractivity contribution in [3.05, 3.63) is 0 Å². The lowest BCUT2D eigenvalue weighted by atomic mass is 9.82. The second-order valence-corrected chi connectivity index (χ2v) is 5.80. The molecular formula is C14H23NO3. The van der Waals surface area contributed by atoms with Gasteiger partial charge in [-0.1, -0.05) is 26.2 Å². The fourth-order valence-electron chi connectivity index (χ4n) is 3.54. The van der Waals surface area contributed by atoms with Crippen molar-refractivity contribution in [1.29, 1.82) is 0 Å². The van der Waals surface area contributed by atoms with E-state index in [9.17, 15) is 9.59 Å². The Morgan fingerprint density at radius 2 is 1.89 bits per heavy atom. The Balaban J connectivity index is 2.00. The number of hydrogen-bond donors (Lipinski definition) is 2. The summed E-state index contributed by atoms with van der Waals surface area (Å²) in [5, 5.41) is 12.2. The minimum atomic E-state index is -0.769. The van der Waals surface area contributed by atoms with E-state index in [0.29, 0.717) is 6.42 Å². The Morgan fingerprint density at radius 3 is 2.44 bits per heavy atom. The minimum absolute atomic E-state index is 0.0978. The number of amides is 1. The molecule has 2 rings (SSSR count). The third kappa shape index (κ3) is 2.38. The molecule has 2 aliphatic rings. The van der Waals surface area contributed by atoms with Crippen LogP contribution < -0.4 is 5.32 Å². The summed E-state index contributed by atoms with van der Waals surface area (Å²) in [6.07, 6.45) is 7.42. The summed E-state index contributed by atoms with van der Waals surface area (Å²) in [5.74, 6) is -1.06. The van der Waals surface area contributed by atoms with Gasteiger partial charge in [-0.2, -0.15) is 0 Å². The molecule has 2 fully saturated rings. The molecule has 0 heterocycles. The van der Waals surface area contributed by atoms with Gasteiger partial charge in [-0.15, -0.1) is 0 Å². The Bertz CT molecular complexity index is 334. The van der Waals surface area contributed by atoms with Crippen molar-refractivity contribution < 1.29 is 14.7 Å². The molecule has 0 bridgehead atoms. The average Bonchev–Trinajstić information content (AvgIpc) is 2.97. The van der Waals surface area contributed by atoms with Gasteiger partial charge in [0, 0.05) is 11.5 Å². The number of hydrogen-bond acceptors (Lipinski definition) is 2. The highest BCUT2D eigenvalue weighted by molar-refractivity contribution is 5.84. The van der Waals surface area contributed by atoms with Gasteiger partial charge in [0.15, 0.2) is 0 Å². The molecule has 0 aromatic heterocycles. The molecule has 2 N–H and O–H groups in total. The van der Waals surface area contributed by atoms with Crippen LogP contribution in [0, 0.1) is 11.3 Å². The number of carboxylic acid groups (broad SMARTS) is 1. The molecule has 4 heteroatoms. The van der Waals surface area contributed by atoms with Gasteiger partial charge in [0.2, 0.25) is 5.91 Å². The first-order chi connectivity index (χ1) is 8.59. The first-order valence-corrected chi connectivity index (χ1v) is 7.13.